The normalized spacial score (nSPS) is 17.3. The van der Waals surface area contributed by atoms with Gasteiger partial charge in [0.25, 0.3) is 5.56 Å². The van der Waals surface area contributed by atoms with Gasteiger partial charge >= 0.3 is 18.2 Å². The van der Waals surface area contributed by atoms with E-state index in [0.717, 1.165) is 11.0 Å². The van der Waals surface area contributed by atoms with Gasteiger partial charge in [-0.15, -0.1) is 0 Å². The number of anilines is 1. The van der Waals surface area contributed by atoms with Crippen molar-refractivity contribution in [3.05, 3.63) is 64.4 Å². The summed E-state index contributed by atoms with van der Waals surface area (Å²) in [6, 6.07) is 10.6. The van der Waals surface area contributed by atoms with Gasteiger partial charge in [0.15, 0.2) is 6.10 Å². The number of carbonyl (C=O) groups excluding carboxylic acids is 1. The van der Waals surface area contributed by atoms with E-state index in [1.165, 1.54) is 49.4 Å². The molecule has 1 aliphatic rings. The van der Waals surface area contributed by atoms with Crippen molar-refractivity contribution in [1.82, 2.24) is 4.98 Å². The Labute approximate surface area is 219 Å². The third kappa shape index (κ3) is 5.75. The quantitative estimate of drug-likeness (QED) is 0.327. The highest BCUT2D eigenvalue weighted by atomic mass is 19.4. The largest absolute Gasteiger partial charge is 0.479 e. The Hall–Kier alpha value is -3.94. The standard InChI is InChI=1S/C26H25F3N2O8/c1-25(23(34)35,38-11-10-37-9-8-32)21-14-31(24(36)39-21)16-7-6-15-12-20(30-22(33)18(15)13-16)17-4-2-3-5-19(17)26(27,28)29/h2-7,12-13,21,32H,8-11,14H2,1H3,(H,30,33)(H,34,35)/t21?,25-/m0/s1. The molecule has 2 atom stereocenters. The van der Waals surface area contributed by atoms with Crippen LogP contribution in [0.1, 0.15) is 12.5 Å². The van der Waals surface area contributed by atoms with Crippen LogP contribution in [-0.2, 0) is 25.2 Å². The average Bonchev–Trinajstić information content (AvgIpc) is 3.29. The summed E-state index contributed by atoms with van der Waals surface area (Å²) in [5, 5.41) is 19.0. The number of ether oxygens (including phenoxy) is 3. The first-order valence-electron chi connectivity index (χ1n) is 11.8. The maximum atomic E-state index is 13.5. The maximum absolute atomic E-state index is 13.5. The molecule has 208 valence electrons. The Morgan fingerprint density at radius 2 is 1.87 bits per heavy atom. The third-order valence-electron chi connectivity index (χ3n) is 6.38. The second-order valence-corrected chi connectivity index (χ2v) is 8.91. The number of aliphatic carboxylic acids is 1. The van der Waals surface area contributed by atoms with Gasteiger partial charge in [0.2, 0.25) is 5.60 Å². The monoisotopic (exact) mass is 550 g/mol. The lowest BCUT2D eigenvalue weighted by atomic mass is 9.98. The summed E-state index contributed by atoms with van der Waals surface area (Å²) in [7, 11) is 0. The number of hydrogen-bond donors (Lipinski definition) is 3. The molecule has 0 aliphatic carbocycles. The number of nitrogens with one attached hydrogen (secondary N) is 1. The van der Waals surface area contributed by atoms with Gasteiger partial charge in [-0.25, -0.2) is 9.59 Å². The van der Waals surface area contributed by atoms with Crippen LogP contribution in [0.3, 0.4) is 0 Å². The SMILES string of the molecule is C[C@@](OCCOCCO)(C(=O)O)C1CN(c2ccc3cc(-c4ccccc4C(F)(F)F)[nH]c(=O)c3c2)C(=O)O1. The summed E-state index contributed by atoms with van der Waals surface area (Å²) < 4.78 is 56.3. The molecule has 1 aliphatic heterocycles. The number of aromatic amines is 1. The summed E-state index contributed by atoms with van der Waals surface area (Å²) in [5.41, 5.74) is -3.47. The van der Waals surface area contributed by atoms with E-state index in [4.69, 9.17) is 19.3 Å². The van der Waals surface area contributed by atoms with Crippen LogP contribution in [0.5, 0.6) is 0 Å². The van der Waals surface area contributed by atoms with E-state index in [1.807, 2.05) is 0 Å². The molecule has 4 rings (SSSR count). The molecule has 0 saturated carbocycles. The Balaban J connectivity index is 1.60. The number of nitrogens with zero attached hydrogens (tertiary/aromatic N) is 1. The van der Waals surface area contributed by atoms with Gasteiger partial charge in [-0.3, -0.25) is 9.69 Å². The van der Waals surface area contributed by atoms with Crippen LogP contribution in [0, 0.1) is 0 Å². The molecular formula is C26H25F3N2O8. The predicted octanol–water partition coefficient (Wildman–Crippen LogP) is 3.41. The van der Waals surface area contributed by atoms with Gasteiger partial charge in [-0.05, 0) is 36.6 Å². The second-order valence-electron chi connectivity index (χ2n) is 8.91. The number of carboxylic acid groups (broad SMARTS) is 1. The molecule has 1 saturated heterocycles. The number of aromatic nitrogens is 1. The lowest BCUT2D eigenvalue weighted by Crippen LogP contribution is -2.51. The molecule has 3 N–H and O–H groups in total. The van der Waals surface area contributed by atoms with Crippen molar-refractivity contribution in [3.63, 3.8) is 0 Å². The Morgan fingerprint density at radius 3 is 2.56 bits per heavy atom. The van der Waals surface area contributed by atoms with Crippen molar-refractivity contribution in [3.8, 4) is 11.3 Å². The molecule has 3 aromatic rings. The van der Waals surface area contributed by atoms with E-state index in [-0.39, 0.29) is 55.3 Å². The molecule has 2 heterocycles. The molecule has 39 heavy (non-hydrogen) atoms. The summed E-state index contributed by atoms with van der Waals surface area (Å²) in [4.78, 5) is 41.2. The molecular weight excluding hydrogens is 525 g/mol. The minimum absolute atomic E-state index is 0.0106. The number of halogens is 3. The molecule has 0 bridgehead atoms. The fourth-order valence-corrected chi connectivity index (χ4v) is 4.26. The summed E-state index contributed by atoms with van der Waals surface area (Å²) in [6.07, 6.45) is -6.70. The number of aliphatic hydroxyl groups is 1. The Bertz CT molecular complexity index is 1440. The van der Waals surface area contributed by atoms with Gasteiger partial charge in [0, 0.05) is 22.3 Å². The zero-order valence-electron chi connectivity index (χ0n) is 20.7. The molecule has 1 unspecified atom stereocenters. The van der Waals surface area contributed by atoms with Gasteiger partial charge in [-0.1, -0.05) is 24.3 Å². The minimum Gasteiger partial charge on any atom is -0.479 e. The number of aliphatic hydroxyl groups excluding tert-OH is 1. The fourth-order valence-electron chi connectivity index (χ4n) is 4.26. The van der Waals surface area contributed by atoms with E-state index in [0.29, 0.717) is 5.39 Å². The van der Waals surface area contributed by atoms with Gasteiger partial charge < -0.3 is 29.4 Å². The highest BCUT2D eigenvalue weighted by molar-refractivity contribution is 5.95. The average molecular weight is 550 g/mol. The van der Waals surface area contributed by atoms with Crippen molar-refractivity contribution in [2.45, 2.75) is 24.8 Å². The molecule has 0 spiro atoms. The molecule has 1 amide bonds. The van der Waals surface area contributed by atoms with E-state index in [9.17, 15) is 32.7 Å². The highest BCUT2D eigenvalue weighted by Gasteiger charge is 2.51. The number of amides is 1. The van der Waals surface area contributed by atoms with Crippen molar-refractivity contribution < 1.29 is 47.2 Å². The zero-order valence-corrected chi connectivity index (χ0v) is 20.7. The number of benzene rings is 2. The fraction of sp³-hybridized carbons (Fsp3) is 0.346. The Kier molecular flexibility index (Phi) is 7.95. The van der Waals surface area contributed by atoms with Crippen LogP contribution in [0.2, 0.25) is 0 Å². The van der Waals surface area contributed by atoms with Crippen LogP contribution >= 0.6 is 0 Å². The van der Waals surface area contributed by atoms with Crippen LogP contribution in [0.25, 0.3) is 22.0 Å². The number of alkyl halides is 3. The topological polar surface area (TPSA) is 138 Å². The van der Waals surface area contributed by atoms with Gasteiger partial charge in [0.1, 0.15) is 0 Å². The summed E-state index contributed by atoms with van der Waals surface area (Å²) in [6.45, 7) is 0.769. The first-order valence-corrected chi connectivity index (χ1v) is 11.8. The van der Waals surface area contributed by atoms with E-state index in [2.05, 4.69) is 4.98 Å². The molecule has 13 heteroatoms. The van der Waals surface area contributed by atoms with E-state index < -0.39 is 41.1 Å². The van der Waals surface area contributed by atoms with Crippen LogP contribution < -0.4 is 10.5 Å². The summed E-state index contributed by atoms with van der Waals surface area (Å²) >= 11 is 0. The lowest BCUT2D eigenvalue weighted by molar-refractivity contribution is -0.178. The smallest absolute Gasteiger partial charge is 0.417 e. The number of carboxylic acids is 1. The molecule has 1 aromatic heterocycles. The van der Waals surface area contributed by atoms with Gasteiger partial charge in [0.05, 0.1) is 38.5 Å². The first kappa shape index (κ1) is 28.1. The van der Waals surface area contributed by atoms with E-state index >= 15 is 0 Å². The van der Waals surface area contributed by atoms with Crippen molar-refractivity contribution in [2.75, 3.05) is 37.9 Å². The van der Waals surface area contributed by atoms with Crippen molar-refractivity contribution in [1.29, 1.82) is 0 Å². The van der Waals surface area contributed by atoms with Crippen LogP contribution in [0.4, 0.5) is 23.7 Å². The summed E-state index contributed by atoms with van der Waals surface area (Å²) in [5.74, 6) is -1.37. The van der Waals surface area contributed by atoms with E-state index in [1.54, 1.807) is 0 Å². The number of cyclic esters (lactones) is 1. The third-order valence-corrected chi connectivity index (χ3v) is 6.38. The number of carbonyl (C=O) groups is 2. The second kappa shape index (κ2) is 11.0. The maximum Gasteiger partial charge on any atom is 0.417 e. The van der Waals surface area contributed by atoms with Gasteiger partial charge in [-0.2, -0.15) is 13.2 Å². The number of hydrogen-bond acceptors (Lipinski definition) is 7. The molecule has 0 radical (unpaired) electrons. The number of H-pyrrole nitrogens is 1. The molecule has 10 nitrogen and oxygen atoms in total. The number of pyridine rings is 1. The van der Waals surface area contributed by atoms with Crippen molar-refractivity contribution >= 4 is 28.5 Å². The number of rotatable bonds is 10. The van der Waals surface area contributed by atoms with Crippen LogP contribution in [0.15, 0.2) is 53.3 Å². The molecule has 2 aromatic carbocycles. The molecule has 1 fully saturated rings. The zero-order chi connectivity index (χ0) is 28.4. The Morgan fingerprint density at radius 1 is 1.13 bits per heavy atom. The predicted molar refractivity (Wildman–Crippen MR) is 133 cm³/mol. The van der Waals surface area contributed by atoms with Crippen LogP contribution in [-0.4, -0.2) is 71.9 Å². The lowest BCUT2D eigenvalue weighted by Gasteiger charge is -2.29. The minimum atomic E-state index is -4.63. The number of fused-ring (bicyclic) bond motifs is 1. The first-order chi connectivity index (χ1) is 18.5. The van der Waals surface area contributed by atoms with Crippen molar-refractivity contribution in [2.24, 2.45) is 0 Å². The highest BCUT2D eigenvalue weighted by Crippen LogP contribution is 2.37.